The Hall–Kier alpha value is -2.77. The van der Waals surface area contributed by atoms with Gasteiger partial charge in [0, 0.05) is 0 Å². The molecule has 0 aliphatic rings. The molecular formula is C19H27NO7. The predicted molar refractivity (Wildman–Crippen MR) is 97.6 cm³/mol. The first-order valence-corrected chi connectivity index (χ1v) is 8.73. The molecule has 8 heteroatoms. The number of carboxylic acids is 1. The van der Waals surface area contributed by atoms with E-state index in [1.165, 1.54) is 24.3 Å². The van der Waals surface area contributed by atoms with Gasteiger partial charge in [0.25, 0.3) is 0 Å². The lowest BCUT2D eigenvalue weighted by atomic mass is 10.1. The molecule has 1 aromatic carbocycles. The average Bonchev–Trinajstić information content (AvgIpc) is 2.57. The third-order valence-corrected chi connectivity index (χ3v) is 3.24. The Kier molecular flexibility index (Phi) is 8.58. The van der Waals surface area contributed by atoms with E-state index < -0.39 is 29.7 Å². The molecule has 0 bridgehead atoms. The van der Waals surface area contributed by atoms with E-state index in [1.807, 2.05) is 6.92 Å². The highest BCUT2D eigenvalue weighted by Crippen LogP contribution is 2.19. The molecule has 0 aromatic heterocycles. The molecule has 1 amide bonds. The van der Waals surface area contributed by atoms with E-state index >= 15 is 0 Å². The smallest absolute Gasteiger partial charge is 0.408 e. The van der Waals surface area contributed by atoms with Gasteiger partial charge in [-0.25, -0.2) is 14.4 Å². The van der Waals surface area contributed by atoms with Gasteiger partial charge >= 0.3 is 18.0 Å². The number of alkyl carbamates (subject to hydrolysis) is 1. The van der Waals surface area contributed by atoms with Crippen molar-refractivity contribution in [3.05, 3.63) is 29.8 Å². The van der Waals surface area contributed by atoms with Crippen molar-refractivity contribution in [2.75, 3.05) is 13.2 Å². The molecule has 27 heavy (non-hydrogen) atoms. The summed E-state index contributed by atoms with van der Waals surface area (Å²) in [5, 5.41) is 11.7. The summed E-state index contributed by atoms with van der Waals surface area (Å²) in [4.78, 5) is 34.8. The zero-order valence-electron chi connectivity index (χ0n) is 16.1. The first-order chi connectivity index (χ1) is 12.6. The molecule has 0 unspecified atom stereocenters. The van der Waals surface area contributed by atoms with E-state index in [0.29, 0.717) is 17.9 Å². The number of rotatable bonds is 9. The molecule has 8 nitrogen and oxygen atoms in total. The van der Waals surface area contributed by atoms with Crippen molar-refractivity contribution in [2.45, 2.75) is 52.2 Å². The third kappa shape index (κ3) is 8.94. The molecule has 2 N–H and O–H groups in total. The Bertz CT molecular complexity index is 634. The van der Waals surface area contributed by atoms with Crippen LogP contribution in [0.1, 0.15) is 52.1 Å². The number of unbranched alkanes of at least 4 members (excludes halogenated alkanes) is 1. The van der Waals surface area contributed by atoms with Crippen LogP contribution < -0.4 is 10.1 Å². The molecule has 150 valence electrons. The summed E-state index contributed by atoms with van der Waals surface area (Å²) >= 11 is 0. The minimum atomic E-state index is -1.27. The fraction of sp³-hybridized carbons (Fsp3) is 0.526. The van der Waals surface area contributed by atoms with Crippen molar-refractivity contribution in [3.8, 4) is 5.75 Å². The van der Waals surface area contributed by atoms with Gasteiger partial charge in [-0.15, -0.1) is 0 Å². The topological polar surface area (TPSA) is 111 Å². The standard InChI is InChI=1S/C19H27NO7/c1-5-6-11-25-15(21)12-26-14-9-7-13(8-10-14)16(17(22)23)20-18(24)27-19(2,3)4/h7-10,16H,5-6,11-12H2,1-4H3,(H,20,24)(H,22,23)/t16-/m1/s1. The Morgan fingerprint density at radius 3 is 2.30 bits per heavy atom. The lowest BCUT2D eigenvalue weighted by molar-refractivity contribution is -0.146. The quantitative estimate of drug-likeness (QED) is 0.499. The van der Waals surface area contributed by atoms with E-state index in [9.17, 15) is 19.5 Å². The lowest BCUT2D eigenvalue weighted by Gasteiger charge is -2.22. The van der Waals surface area contributed by atoms with Crippen molar-refractivity contribution in [2.24, 2.45) is 0 Å². The van der Waals surface area contributed by atoms with E-state index in [1.54, 1.807) is 20.8 Å². The Morgan fingerprint density at radius 1 is 1.15 bits per heavy atom. The Morgan fingerprint density at radius 2 is 1.78 bits per heavy atom. The number of aliphatic carboxylic acids is 1. The number of hydrogen-bond donors (Lipinski definition) is 2. The second kappa shape index (κ2) is 10.4. The van der Waals surface area contributed by atoms with E-state index in [4.69, 9.17) is 14.2 Å². The summed E-state index contributed by atoms with van der Waals surface area (Å²) < 4.78 is 15.4. The number of carbonyl (C=O) groups excluding carboxylic acids is 2. The third-order valence-electron chi connectivity index (χ3n) is 3.24. The van der Waals surface area contributed by atoms with Gasteiger partial charge in [0.15, 0.2) is 12.6 Å². The lowest BCUT2D eigenvalue weighted by Crippen LogP contribution is -2.38. The molecule has 0 radical (unpaired) electrons. The highest BCUT2D eigenvalue weighted by atomic mass is 16.6. The van der Waals surface area contributed by atoms with Crippen molar-refractivity contribution in [3.63, 3.8) is 0 Å². The van der Waals surface area contributed by atoms with Gasteiger partial charge in [0.1, 0.15) is 11.4 Å². The summed E-state index contributed by atoms with van der Waals surface area (Å²) in [5.41, 5.74) is -0.400. The van der Waals surface area contributed by atoms with Crippen molar-refractivity contribution >= 4 is 18.0 Å². The number of esters is 1. The zero-order valence-corrected chi connectivity index (χ0v) is 16.1. The molecule has 0 aliphatic heterocycles. The normalized spacial score (nSPS) is 12.0. The molecular weight excluding hydrogens is 354 g/mol. The van der Waals surface area contributed by atoms with Crippen LogP contribution in [0, 0.1) is 0 Å². The van der Waals surface area contributed by atoms with Gasteiger partial charge in [-0.2, -0.15) is 0 Å². The van der Waals surface area contributed by atoms with Gasteiger partial charge in [0.05, 0.1) is 6.61 Å². The minimum Gasteiger partial charge on any atom is -0.482 e. The van der Waals surface area contributed by atoms with Crippen LogP contribution in [0.2, 0.25) is 0 Å². The first kappa shape index (κ1) is 22.3. The number of carboxylic acid groups (broad SMARTS) is 1. The number of carbonyl (C=O) groups is 3. The molecule has 0 heterocycles. The average molecular weight is 381 g/mol. The summed E-state index contributed by atoms with van der Waals surface area (Å²) in [7, 11) is 0. The van der Waals surface area contributed by atoms with E-state index in [0.717, 1.165) is 12.8 Å². The van der Waals surface area contributed by atoms with Gasteiger partial charge in [-0.05, 0) is 44.9 Å². The van der Waals surface area contributed by atoms with Crippen molar-refractivity contribution in [1.29, 1.82) is 0 Å². The molecule has 0 saturated heterocycles. The van der Waals surface area contributed by atoms with Crippen LogP contribution in [0.3, 0.4) is 0 Å². The Balaban J connectivity index is 2.64. The SMILES string of the molecule is CCCCOC(=O)COc1ccc([C@@H](NC(=O)OC(C)(C)C)C(=O)O)cc1. The van der Waals surface area contributed by atoms with Gasteiger partial charge in [0.2, 0.25) is 0 Å². The fourth-order valence-electron chi connectivity index (χ4n) is 1.98. The van der Waals surface area contributed by atoms with Gasteiger partial charge in [-0.1, -0.05) is 25.5 Å². The molecule has 1 aromatic rings. The first-order valence-electron chi connectivity index (χ1n) is 8.73. The highest BCUT2D eigenvalue weighted by Gasteiger charge is 2.25. The number of amides is 1. The number of ether oxygens (including phenoxy) is 3. The summed E-state index contributed by atoms with van der Waals surface area (Å²) in [6.45, 7) is 7.16. The largest absolute Gasteiger partial charge is 0.482 e. The second-order valence-corrected chi connectivity index (χ2v) is 6.85. The Labute approximate surface area is 158 Å². The van der Waals surface area contributed by atoms with Crippen LogP contribution in [-0.4, -0.2) is 42.0 Å². The highest BCUT2D eigenvalue weighted by molar-refractivity contribution is 5.81. The predicted octanol–water partition coefficient (Wildman–Crippen LogP) is 3.06. The molecule has 0 saturated carbocycles. The molecule has 0 aliphatic carbocycles. The maximum atomic E-state index is 11.8. The summed E-state index contributed by atoms with van der Waals surface area (Å²) in [6, 6.07) is 4.75. The van der Waals surface area contributed by atoms with E-state index in [-0.39, 0.29) is 6.61 Å². The zero-order chi connectivity index (χ0) is 20.4. The maximum absolute atomic E-state index is 11.8. The van der Waals surface area contributed by atoms with Gasteiger partial charge < -0.3 is 24.6 Å². The fourth-order valence-corrected chi connectivity index (χ4v) is 1.98. The number of nitrogens with one attached hydrogen (secondary N) is 1. The number of hydrogen-bond acceptors (Lipinski definition) is 6. The van der Waals surface area contributed by atoms with Gasteiger partial charge in [-0.3, -0.25) is 0 Å². The summed E-state index contributed by atoms with van der Waals surface area (Å²) in [5.74, 6) is -1.32. The summed E-state index contributed by atoms with van der Waals surface area (Å²) in [6.07, 6.45) is 0.893. The number of benzene rings is 1. The molecule has 1 rings (SSSR count). The molecule has 1 atom stereocenters. The van der Waals surface area contributed by atoms with Crippen LogP contribution in [0.4, 0.5) is 4.79 Å². The van der Waals surface area contributed by atoms with Crippen LogP contribution in [0.5, 0.6) is 5.75 Å². The second-order valence-electron chi connectivity index (χ2n) is 6.85. The molecule has 0 fully saturated rings. The molecule has 0 spiro atoms. The van der Waals surface area contributed by atoms with Crippen LogP contribution in [0.25, 0.3) is 0 Å². The van der Waals surface area contributed by atoms with E-state index in [2.05, 4.69) is 5.32 Å². The minimum absolute atomic E-state index is 0.235. The van der Waals surface area contributed by atoms with Crippen LogP contribution in [-0.2, 0) is 19.1 Å². The van der Waals surface area contributed by atoms with Crippen LogP contribution in [0.15, 0.2) is 24.3 Å². The maximum Gasteiger partial charge on any atom is 0.408 e. The van der Waals surface area contributed by atoms with Crippen molar-refractivity contribution < 1.29 is 33.7 Å². The van der Waals surface area contributed by atoms with Crippen molar-refractivity contribution in [1.82, 2.24) is 5.32 Å². The monoisotopic (exact) mass is 381 g/mol. The van der Waals surface area contributed by atoms with Crippen LogP contribution >= 0.6 is 0 Å².